The van der Waals surface area contributed by atoms with Crippen molar-refractivity contribution in [1.29, 1.82) is 0 Å². The minimum atomic E-state index is 0.814. The van der Waals surface area contributed by atoms with Gasteiger partial charge in [-0.25, -0.2) is 0 Å². The van der Waals surface area contributed by atoms with Crippen LogP contribution in [0.4, 0.5) is 0 Å². The monoisotopic (exact) mass is 216 g/mol. The Morgan fingerprint density at radius 1 is 1.47 bits per heavy atom. The summed E-state index contributed by atoms with van der Waals surface area (Å²) >= 11 is 1.71. The average Bonchev–Trinajstić information content (AvgIpc) is 2.87. The lowest BCUT2D eigenvalue weighted by molar-refractivity contribution is 0.589. The van der Waals surface area contributed by atoms with E-state index in [1.54, 1.807) is 11.3 Å². The molecule has 2 aromatic heterocycles. The zero-order valence-corrected chi connectivity index (χ0v) is 9.20. The van der Waals surface area contributed by atoms with Gasteiger partial charge >= 0.3 is 0 Å². The first kappa shape index (κ1) is 10.0. The number of hydrogen-bond donors (Lipinski definition) is 0. The van der Waals surface area contributed by atoms with E-state index in [1.165, 1.54) is 4.88 Å². The average molecular weight is 216 g/mol. The molecule has 0 unspecified atom stereocenters. The molecule has 0 saturated heterocycles. The maximum absolute atomic E-state index is 5.20. The molecule has 2 heterocycles. The fourth-order valence-corrected chi connectivity index (χ4v) is 2.08. The lowest BCUT2D eigenvalue weighted by atomic mass is 10.3. The van der Waals surface area contributed by atoms with E-state index in [4.69, 9.17) is 6.42 Å². The van der Waals surface area contributed by atoms with Crippen molar-refractivity contribution in [2.24, 2.45) is 0 Å². The highest BCUT2D eigenvalue weighted by Gasteiger charge is 2.02. The number of terminal acetylenes is 1. The SMILES string of the molecule is C#CCCCn1ccc(-c2cccs2)n1. The number of aryl methyl sites for hydroxylation is 1. The molecule has 3 heteroatoms. The lowest BCUT2D eigenvalue weighted by Gasteiger charge is -1.97. The van der Waals surface area contributed by atoms with Crippen LogP contribution in [0.3, 0.4) is 0 Å². The molecule has 15 heavy (non-hydrogen) atoms. The molecular formula is C12H12N2S. The first-order chi connectivity index (χ1) is 7.40. The maximum atomic E-state index is 5.20. The topological polar surface area (TPSA) is 17.8 Å². The van der Waals surface area contributed by atoms with Crippen molar-refractivity contribution in [3.05, 3.63) is 29.8 Å². The molecule has 0 atom stereocenters. The lowest BCUT2D eigenvalue weighted by Crippen LogP contribution is -1.97. The van der Waals surface area contributed by atoms with Gasteiger partial charge in [0.2, 0.25) is 0 Å². The Hall–Kier alpha value is -1.53. The highest BCUT2D eigenvalue weighted by Crippen LogP contribution is 2.22. The van der Waals surface area contributed by atoms with Gasteiger partial charge in [-0.2, -0.15) is 5.10 Å². The van der Waals surface area contributed by atoms with Gasteiger partial charge in [-0.15, -0.1) is 23.7 Å². The minimum absolute atomic E-state index is 0.814. The molecule has 0 aliphatic rings. The number of rotatable bonds is 4. The predicted octanol–water partition coefficient (Wildman–Crippen LogP) is 3.03. The van der Waals surface area contributed by atoms with Crippen LogP contribution in [0.15, 0.2) is 29.8 Å². The first-order valence-corrected chi connectivity index (χ1v) is 5.79. The van der Waals surface area contributed by atoms with Crippen LogP contribution in [-0.2, 0) is 6.54 Å². The molecule has 0 fully saturated rings. The minimum Gasteiger partial charge on any atom is -0.272 e. The van der Waals surface area contributed by atoms with Crippen molar-refractivity contribution in [3.63, 3.8) is 0 Å². The molecule has 2 aromatic rings. The van der Waals surface area contributed by atoms with Gasteiger partial charge in [0, 0.05) is 19.2 Å². The standard InChI is InChI=1S/C12H12N2S/c1-2-3-4-8-14-9-7-11(13-14)12-6-5-10-15-12/h1,5-7,9-10H,3-4,8H2. The van der Waals surface area contributed by atoms with Crippen LogP contribution in [0.1, 0.15) is 12.8 Å². The number of unbranched alkanes of at least 4 members (excludes halogenated alkanes) is 1. The molecule has 76 valence electrons. The Labute approximate surface area is 93.6 Å². The van der Waals surface area contributed by atoms with Gasteiger partial charge in [-0.05, 0) is 23.9 Å². The van der Waals surface area contributed by atoms with E-state index in [-0.39, 0.29) is 0 Å². The normalized spacial score (nSPS) is 10.1. The van der Waals surface area contributed by atoms with Gasteiger partial charge < -0.3 is 0 Å². The van der Waals surface area contributed by atoms with E-state index in [9.17, 15) is 0 Å². The second-order valence-electron chi connectivity index (χ2n) is 3.25. The number of hydrogen-bond acceptors (Lipinski definition) is 2. The van der Waals surface area contributed by atoms with Crippen molar-refractivity contribution in [1.82, 2.24) is 9.78 Å². The summed E-state index contributed by atoms with van der Waals surface area (Å²) in [6, 6.07) is 6.16. The Morgan fingerprint density at radius 2 is 2.40 bits per heavy atom. The molecule has 0 radical (unpaired) electrons. The molecule has 0 amide bonds. The van der Waals surface area contributed by atoms with Gasteiger partial charge in [0.1, 0.15) is 5.69 Å². The summed E-state index contributed by atoms with van der Waals surface area (Å²) in [5, 5.41) is 6.55. The third kappa shape index (κ3) is 2.48. The second-order valence-corrected chi connectivity index (χ2v) is 4.20. The molecule has 0 aliphatic carbocycles. The summed E-state index contributed by atoms with van der Waals surface area (Å²) in [6.07, 6.45) is 9.00. The van der Waals surface area contributed by atoms with Crippen molar-refractivity contribution in [2.75, 3.05) is 0 Å². The van der Waals surface area contributed by atoms with Crippen molar-refractivity contribution in [3.8, 4) is 22.9 Å². The van der Waals surface area contributed by atoms with Crippen molar-refractivity contribution in [2.45, 2.75) is 19.4 Å². The third-order valence-corrected chi connectivity index (χ3v) is 3.01. The molecular weight excluding hydrogens is 204 g/mol. The van der Waals surface area contributed by atoms with Crippen LogP contribution >= 0.6 is 11.3 Å². The van der Waals surface area contributed by atoms with E-state index >= 15 is 0 Å². The summed E-state index contributed by atoms with van der Waals surface area (Å²) in [7, 11) is 0. The fraction of sp³-hybridized carbons (Fsp3) is 0.250. The van der Waals surface area contributed by atoms with Crippen LogP contribution in [-0.4, -0.2) is 9.78 Å². The fourth-order valence-electron chi connectivity index (χ4n) is 1.39. The van der Waals surface area contributed by atoms with Gasteiger partial charge in [0.15, 0.2) is 0 Å². The van der Waals surface area contributed by atoms with E-state index in [0.717, 1.165) is 25.1 Å². The summed E-state index contributed by atoms with van der Waals surface area (Å²) in [5.74, 6) is 2.63. The molecule has 0 bridgehead atoms. The van der Waals surface area contributed by atoms with Gasteiger partial charge in [0.05, 0.1) is 4.88 Å². The largest absolute Gasteiger partial charge is 0.272 e. The highest BCUT2D eigenvalue weighted by molar-refractivity contribution is 7.13. The zero-order chi connectivity index (χ0) is 10.5. The molecule has 2 rings (SSSR count). The van der Waals surface area contributed by atoms with Crippen LogP contribution < -0.4 is 0 Å². The summed E-state index contributed by atoms with van der Waals surface area (Å²) in [6.45, 7) is 0.898. The van der Waals surface area contributed by atoms with Crippen LogP contribution in [0.2, 0.25) is 0 Å². The first-order valence-electron chi connectivity index (χ1n) is 4.91. The second kappa shape index (κ2) is 4.81. The summed E-state index contributed by atoms with van der Waals surface area (Å²) in [4.78, 5) is 1.21. The molecule has 0 saturated carbocycles. The van der Waals surface area contributed by atoms with Gasteiger partial charge in [0.25, 0.3) is 0 Å². The molecule has 0 spiro atoms. The molecule has 0 aliphatic heterocycles. The number of thiophene rings is 1. The van der Waals surface area contributed by atoms with Crippen molar-refractivity contribution >= 4 is 11.3 Å². The molecule has 2 nitrogen and oxygen atoms in total. The van der Waals surface area contributed by atoms with E-state index in [0.29, 0.717) is 0 Å². The van der Waals surface area contributed by atoms with Crippen LogP contribution in [0.5, 0.6) is 0 Å². The van der Waals surface area contributed by atoms with E-state index in [1.807, 2.05) is 23.0 Å². The summed E-state index contributed by atoms with van der Waals surface area (Å²) in [5.41, 5.74) is 1.05. The Kier molecular flexibility index (Phi) is 3.21. The summed E-state index contributed by atoms with van der Waals surface area (Å²) < 4.78 is 1.95. The number of nitrogens with zero attached hydrogens (tertiary/aromatic N) is 2. The van der Waals surface area contributed by atoms with Crippen LogP contribution in [0.25, 0.3) is 10.6 Å². The Morgan fingerprint density at radius 3 is 3.13 bits per heavy atom. The smallest absolute Gasteiger partial charge is 0.102 e. The predicted molar refractivity (Wildman–Crippen MR) is 63.6 cm³/mol. The zero-order valence-electron chi connectivity index (χ0n) is 8.39. The van der Waals surface area contributed by atoms with E-state index < -0.39 is 0 Å². The van der Waals surface area contributed by atoms with Gasteiger partial charge in [-0.3, -0.25) is 4.68 Å². The van der Waals surface area contributed by atoms with Crippen LogP contribution in [0, 0.1) is 12.3 Å². The Bertz CT molecular complexity index is 448. The number of aromatic nitrogens is 2. The highest BCUT2D eigenvalue weighted by atomic mass is 32.1. The Balaban J connectivity index is 2.02. The molecule has 0 N–H and O–H groups in total. The maximum Gasteiger partial charge on any atom is 0.102 e. The van der Waals surface area contributed by atoms with Crippen molar-refractivity contribution < 1.29 is 0 Å². The van der Waals surface area contributed by atoms with E-state index in [2.05, 4.69) is 22.5 Å². The van der Waals surface area contributed by atoms with Gasteiger partial charge in [-0.1, -0.05) is 6.07 Å². The third-order valence-electron chi connectivity index (χ3n) is 2.12. The molecule has 0 aromatic carbocycles. The quantitative estimate of drug-likeness (QED) is 0.567.